The maximum atomic E-state index is 9.72. The Balaban J connectivity index is 1.39. The first kappa shape index (κ1) is 66.9. The van der Waals surface area contributed by atoms with Gasteiger partial charge in [-0.25, -0.2) is 0 Å². The van der Waals surface area contributed by atoms with Gasteiger partial charge in [0.15, 0.2) is 0 Å². The van der Waals surface area contributed by atoms with Gasteiger partial charge in [-0.2, -0.15) is 0 Å². The second kappa shape index (κ2) is 28.3. The molecule has 0 unspecified atom stereocenters. The van der Waals surface area contributed by atoms with Crippen molar-refractivity contribution in [3.63, 3.8) is 0 Å². The molecule has 0 bridgehead atoms. The minimum atomic E-state index is -5.48. The fraction of sp³-hybridized carbons (Fsp3) is 0.143. The summed E-state index contributed by atoms with van der Waals surface area (Å²) in [5, 5.41) is 0. The van der Waals surface area contributed by atoms with Crippen molar-refractivity contribution in [3.8, 4) is 0 Å². The third kappa shape index (κ3) is 13.7. The zero-order chi connectivity index (χ0) is 65.1. The van der Waals surface area contributed by atoms with Crippen LogP contribution in [0.3, 0.4) is 0 Å². The second-order valence-electron chi connectivity index (χ2n) is 26.0. The molecule has 9 heteroatoms. The van der Waals surface area contributed by atoms with Gasteiger partial charge in [0, 0.05) is 0 Å². The van der Waals surface area contributed by atoms with Gasteiger partial charge in [-0.05, 0) is 0 Å². The third-order valence-electron chi connectivity index (χ3n) is 18.6. The summed E-state index contributed by atoms with van der Waals surface area (Å²) >= 11 is -21.9. The zero-order valence-electron chi connectivity index (χ0n) is 55.8. The molecule has 4 nitrogen and oxygen atoms in total. The Kier molecular flexibility index (Phi) is 20.4. The molecule has 0 radical (unpaired) electrons. The van der Waals surface area contributed by atoms with Crippen LogP contribution in [-0.2, 0) is 11.1 Å². The first-order valence-corrected chi connectivity index (χ1v) is 55.9. The molecular weight excluding hydrogens is 1580 g/mol. The van der Waals surface area contributed by atoms with Crippen molar-refractivity contribution in [2.45, 2.75) is 83.1 Å². The van der Waals surface area contributed by atoms with Crippen LogP contribution in [0.2, 0.25) is 0 Å². The van der Waals surface area contributed by atoms with Gasteiger partial charge in [-0.15, -0.1) is 0 Å². The van der Waals surface area contributed by atoms with Crippen molar-refractivity contribution in [1.82, 2.24) is 0 Å². The van der Waals surface area contributed by atoms with Gasteiger partial charge < -0.3 is 0 Å². The van der Waals surface area contributed by atoms with Crippen molar-refractivity contribution in [2.24, 2.45) is 0 Å². The Morgan fingerprint density at radius 1 is 0.140 bits per heavy atom. The van der Waals surface area contributed by atoms with Crippen LogP contribution in [-0.4, -0.2) is 84.2 Å². The van der Waals surface area contributed by atoms with Crippen LogP contribution in [0.4, 0.5) is 0 Å². The predicted molar refractivity (Wildman–Crippen MR) is 403 cm³/mol. The molecule has 12 aromatic carbocycles. The van der Waals surface area contributed by atoms with E-state index in [1.165, 1.54) is 0 Å². The average molecular weight is 1660 g/mol. The van der Waals surface area contributed by atoms with Crippen LogP contribution in [0.15, 0.2) is 291 Å². The van der Waals surface area contributed by atoms with E-state index in [2.05, 4.69) is 374 Å². The molecule has 0 amide bonds. The molecule has 0 aliphatic heterocycles. The van der Waals surface area contributed by atoms with Gasteiger partial charge in [0.1, 0.15) is 0 Å². The number of benzene rings is 12. The van der Waals surface area contributed by atoms with Gasteiger partial charge in [0.2, 0.25) is 0 Å². The zero-order valence-corrected chi connectivity index (χ0v) is 68.3. The van der Waals surface area contributed by atoms with E-state index in [9.17, 15) is 11.1 Å². The molecule has 93 heavy (non-hydrogen) atoms. The molecule has 464 valence electrons. The van der Waals surface area contributed by atoms with E-state index in [0.717, 1.165) is 110 Å². The van der Waals surface area contributed by atoms with Crippen molar-refractivity contribution in [2.75, 3.05) is 0 Å². The van der Waals surface area contributed by atoms with E-state index in [1.54, 1.807) is 0 Å². The van der Waals surface area contributed by atoms with Crippen molar-refractivity contribution in [3.05, 3.63) is 358 Å². The van der Waals surface area contributed by atoms with E-state index >= 15 is 0 Å². The van der Waals surface area contributed by atoms with E-state index < -0.39 is 84.2 Å². The number of aryl methyl sites for hydroxylation is 12. The van der Waals surface area contributed by atoms with Crippen LogP contribution >= 0.6 is 0 Å². The van der Waals surface area contributed by atoms with Crippen LogP contribution in [0.1, 0.15) is 66.8 Å². The van der Waals surface area contributed by atoms with E-state index in [-0.39, 0.29) is 0 Å². The Labute approximate surface area is 572 Å². The summed E-state index contributed by atoms with van der Waals surface area (Å²) in [7, 11) is -5.32. The minimum absolute atomic E-state index is 1.13. The molecule has 0 atom stereocenters. The van der Waals surface area contributed by atoms with E-state index in [4.69, 9.17) is 0 Å². The Hall–Kier alpha value is -6.11. The summed E-state index contributed by atoms with van der Waals surface area (Å²) in [6.45, 7) is 26.2. The fourth-order valence-electron chi connectivity index (χ4n) is 13.0. The summed E-state index contributed by atoms with van der Waals surface area (Å²) in [4.78, 5) is 0. The number of hydrogen-bond donors (Lipinski definition) is 0. The molecule has 12 rings (SSSR count). The van der Waals surface area contributed by atoms with Crippen LogP contribution in [0.25, 0.3) is 0 Å². The van der Waals surface area contributed by atoms with E-state index in [0.29, 0.717) is 0 Å². The molecule has 0 aliphatic rings. The first-order valence-electron chi connectivity index (χ1n) is 32.5. The molecule has 0 saturated heterocycles. The normalized spacial score (nSPS) is 12.3. The molecule has 12 aromatic rings. The van der Waals surface area contributed by atoms with Crippen molar-refractivity contribution < 1.29 is 11.1 Å². The van der Waals surface area contributed by atoms with Gasteiger partial charge in [-0.3, -0.25) is 0 Å². The van der Waals surface area contributed by atoms with Gasteiger partial charge in [0.25, 0.3) is 0 Å². The standard InChI is InChI=1S/12C7H7.O4Si.4Sn/c12*1-7-5-3-2-4-6-7;1-5(2,3)4;;;;/h12*3-6H,1H3;;;;;/q;;;;;;;;;;;;-4;4*+1. The van der Waals surface area contributed by atoms with Gasteiger partial charge in [0.05, 0.1) is 0 Å². The Bertz CT molecular complexity index is 3450. The second-order valence-corrected chi connectivity index (χ2v) is 70.2. The predicted octanol–water partition coefficient (Wildman–Crippen LogP) is 11.9. The number of hydrogen-bond acceptors (Lipinski definition) is 4. The quantitative estimate of drug-likeness (QED) is 0.0713. The molecule has 0 fully saturated rings. The number of rotatable bonds is 20. The molecule has 0 N–H and O–H groups in total. The maximum absolute atomic E-state index is 9.72. The first-order chi connectivity index (χ1) is 44.8. The topological polar surface area (TPSA) is 36.9 Å². The summed E-state index contributed by atoms with van der Waals surface area (Å²) in [6, 6.07) is 111. The van der Waals surface area contributed by atoms with Gasteiger partial charge in [-0.1, -0.05) is 0 Å². The molecule has 0 heterocycles. The summed E-state index contributed by atoms with van der Waals surface area (Å²) in [6.07, 6.45) is 0. The molecule has 0 aromatic heterocycles. The third-order valence-corrected chi connectivity index (χ3v) is 79.1. The monoisotopic (exact) mass is 1660 g/mol. The molecule has 0 aliphatic carbocycles. The van der Waals surface area contributed by atoms with E-state index in [1.807, 2.05) is 0 Å². The molecule has 0 saturated carbocycles. The van der Waals surface area contributed by atoms with Crippen LogP contribution in [0, 0.1) is 83.1 Å². The molecular formula is C84H84O4SiSn4. The van der Waals surface area contributed by atoms with Crippen molar-refractivity contribution in [1.29, 1.82) is 0 Å². The summed E-state index contributed by atoms with van der Waals surface area (Å²) < 4.78 is 52.4. The van der Waals surface area contributed by atoms with Crippen LogP contribution in [0.5, 0.6) is 0 Å². The molecule has 0 spiro atoms. The Morgan fingerprint density at radius 3 is 0.290 bits per heavy atom. The Morgan fingerprint density at radius 2 is 0.215 bits per heavy atom. The van der Waals surface area contributed by atoms with Gasteiger partial charge >= 0.3 is 579 Å². The SMILES string of the molecule is Cc1cc[c]([Sn]([O][Si]([O][Sn]([c]2ccc(C)cc2)([c]2ccc(C)cc2)[c]2ccc(C)cc2)([O][Sn]([c]2ccc(C)cc2)([c]2ccc(C)cc2)[c]2ccc(C)cc2)[O][Sn]([c]2ccc(C)cc2)([c]2ccc(C)cc2)[c]2ccc(C)cc2)([c]2ccc(C)cc2)[c]2ccc(C)cc2)cc1. The summed E-state index contributed by atoms with van der Waals surface area (Å²) in [5.74, 6) is 0. The van der Waals surface area contributed by atoms with Crippen molar-refractivity contribution >= 4 is 127 Å². The summed E-state index contributed by atoms with van der Waals surface area (Å²) in [5.41, 5.74) is 13.9. The van der Waals surface area contributed by atoms with Crippen LogP contribution < -0.4 is 43.0 Å². The fourth-order valence-corrected chi connectivity index (χ4v) is 90.9. The average Bonchev–Trinajstić information content (AvgIpc) is 0.703.